The molecule has 0 unspecified atom stereocenters. The Morgan fingerprint density at radius 3 is 2.10 bits per heavy atom. The highest BCUT2D eigenvalue weighted by molar-refractivity contribution is 7.15. The molecule has 9 N–H and O–H groups in total. The average molecular weight is 1350 g/mol. The van der Waals surface area contributed by atoms with Crippen molar-refractivity contribution in [2.24, 2.45) is 23.5 Å². The van der Waals surface area contributed by atoms with Gasteiger partial charge in [-0.25, -0.2) is 34.9 Å². The molecule has 474 valence electrons. The van der Waals surface area contributed by atoms with E-state index >= 15 is 4.79 Å². The summed E-state index contributed by atoms with van der Waals surface area (Å²) in [5.41, 5.74) is 8.86. The topological polar surface area (TPSA) is 357 Å². The van der Waals surface area contributed by atoms with E-state index in [-0.39, 0.29) is 75.2 Å². The Morgan fingerprint density at radius 2 is 1.35 bits per heavy atom. The first-order valence-corrected chi connectivity index (χ1v) is 34.4. The van der Waals surface area contributed by atoms with Gasteiger partial charge in [0.15, 0.2) is 0 Å². The van der Waals surface area contributed by atoms with Gasteiger partial charge in [-0.1, -0.05) is 49.4 Å². The van der Waals surface area contributed by atoms with Gasteiger partial charge in [-0.05, 0) is 73.9 Å². The van der Waals surface area contributed by atoms with E-state index in [4.69, 9.17) is 35.4 Å². The van der Waals surface area contributed by atoms with Crippen molar-refractivity contribution in [3.8, 4) is 49.1 Å². The summed E-state index contributed by atoms with van der Waals surface area (Å²) < 4.78 is 4.94. The van der Waals surface area contributed by atoms with Crippen LogP contribution < -0.4 is 27.0 Å². The lowest BCUT2D eigenvalue weighted by molar-refractivity contribution is -0.146. The fraction of sp³-hybridized carbons (Fsp3) is 0.323. The van der Waals surface area contributed by atoms with Crippen LogP contribution in [0.3, 0.4) is 0 Å². The number of aliphatic hydroxyl groups excluding tert-OH is 2. The number of aryl methyl sites for hydroxylation is 1. The molecule has 2 fully saturated rings. The Bertz CT molecular complexity index is 4250. The number of aromatic nitrogens is 7. The van der Waals surface area contributed by atoms with E-state index in [1.54, 1.807) is 77.7 Å². The number of carbonyl (C=O) groups is 7. The zero-order chi connectivity index (χ0) is 64.5. The van der Waals surface area contributed by atoms with E-state index in [1.807, 2.05) is 12.3 Å². The third kappa shape index (κ3) is 13.6. The van der Waals surface area contributed by atoms with E-state index in [0.717, 1.165) is 46.9 Å². The molecule has 7 aromatic heterocycles. The van der Waals surface area contributed by atoms with Crippen molar-refractivity contribution in [2.75, 3.05) is 20.2 Å². The summed E-state index contributed by atoms with van der Waals surface area (Å²) in [5, 5.41) is 55.7. The van der Waals surface area contributed by atoms with Crippen molar-refractivity contribution in [3.63, 3.8) is 0 Å². The number of hydrogen-bond acceptors (Lipinski definition) is 24. The van der Waals surface area contributed by atoms with Crippen LogP contribution in [-0.4, -0.2) is 129 Å². The number of amides is 6. The molecule has 3 aliphatic rings. The van der Waals surface area contributed by atoms with Crippen LogP contribution in [0.4, 0.5) is 0 Å². The second-order valence-electron chi connectivity index (χ2n) is 22.5. The number of aromatic hydroxyl groups is 1. The van der Waals surface area contributed by atoms with Gasteiger partial charge in [-0.2, -0.15) is 0 Å². The predicted molar refractivity (Wildman–Crippen MR) is 346 cm³/mol. The minimum Gasteiger partial charge on any atom is -0.508 e. The SMILES string of the molecule is COC(=O)[C@H]1CC[C@H](CNC(=O)c2csc(-c3ccc4c(n3)-c3csc(n3)-c3csc(n3)[C@@H]3[C@@H](C)[C@@H](O)CN3C(=O)[C@H](Cc3ccc(O)cc3)NC(=O)c3csc(n3)[C@H]([C@H](O)c3ccccc3)NC(=O)c3nc(sc3C)[C@H](CC(N)=O)NC(=O)c3csc-4n3)n2)CC1. The van der Waals surface area contributed by atoms with E-state index < -0.39 is 78.2 Å². The number of esters is 1. The first kappa shape index (κ1) is 63.5. The van der Waals surface area contributed by atoms with Gasteiger partial charge in [0.25, 0.3) is 23.6 Å². The first-order chi connectivity index (χ1) is 44.3. The van der Waals surface area contributed by atoms with Crippen LogP contribution in [0.25, 0.3) is 43.4 Å². The fourth-order valence-corrected chi connectivity index (χ4v) is 16.7. The molecule has 7 atom stereocenters. The fourth-order valence-electron chi connectivity index (χ4n) is 11.4. The minimum atomic E-state index is -1.41. The second kappa shape index (κ2) is 27.3. The number of phenols is 1. The number of nitrogens with two attached hydrogens (primary N) is 1. The number of fused-ring (bicyclic) bond motifs is 16. The number of phenolic OH excluding ortho intramolecular Hbond substituents is 1. The van der Waals surface area contributed by atoms with Crippen molar-refractivity contribution >= 4 is 109 Å². The van der Waals surface area contributed by atoms with Gasteiger partial charge in [0, 0.05) is 62.8 Å². The summed E-state index contributed by atoms with van der Waals surface area (Å²) in [4.78, 5) is 133. The van der Waals surface area contributed by atoms with Crippen LogP contribution in [-0.2, 0) is 25.5 Å². The van der Waals surface area contributed by atoms with Crippen LogP contribution in [0, 0.1) is 24.7 Å². The van der Waals surface area contributed by atoms with Crippen molar-refractivity contribution in [1.82, 2.24) is 61.1 Å². The monoisotopic (exact) mass is 1350 g/mol. The Morgan fingerprint density at radius 1 is 0.696 bits per heavy atom. The van der Waals surface area contributed by atoms with Crippen LogP contribution >= 0.6 is 68.0 Å². The molecule has 2 aromatic carbocycles. The van der Waals surface area contributed by atoms with Crippen molar-refractivity contribution in [3.05, 3.63) is 147 Å². The zero-order valence-electron chi connectivity index (χ0n) is 49.3. The summed E-state index contributed by atoms with van der Waals surface area (Å²) in [6.07, 6.45) is 0.0850. The van der Waals surface area contributed by atoms with Crippen molar-refractivity contribution in [1.29, 1.82) is 0 Å². The smallest absolute Gasteiger partial charge is 0.308 e. The van der Waals surface area contributed by atoms with E-state index in [9.17, 15) is 44.1 Å². The van der Waals surface area contributed by atoms with E-state index in [2.05, 4.69) is 31.2 Å². The molecule has 1 saturated heterocycles. The summed E-state index contributed by atoms with van der Waals surface area (Å²) in [7, 11) is 1.39. The molecule has 2 aliphatic heterocycles. The lowest BCUT2D eigenvalue weighted by Crippen LogP contribution is -2.50. The zero-order valence-corrected chi connectivity index (χ0v) is 54.2. The van der Waals surface area contributed by atoms with E-state index in [1.165, 1.54) is 63.5 Å². The van der Waals surface area contributed by atoms with Gasteiger partial charge in [0.1, 0.15) is 93.8 Å². The van der Waals surface area contributed by atoms with Gasteiger partial charge in [-0.3, -0.25) is 33.6 Å². The standard InChI is InChI=1S/C62H59N13O11S6/c1-28-44(77)22-75-49(28)60-72-43(27-91-60)57-68-39(23-88-57)47-35(17-18-36(65-47)56-70-40(24-89-56)51(80)64-21-31-9-13-33(14-10-31)62(85)86-3)55-69-41(25-87-55)52(81)66-37(20-45(63)78)58-74-46(29(2)92-58)54(83)73-48(50(79)32-7-5-4-6-8-32)59-71-42(26-90-59)53(82)67-38(61(75)84)19-30-11-15-34(76)16-12-30/h4-8,11-12,15-18,23-28,31,33,37-38,44,48-50,76-77,79H,9-10,13-14,19-22H2,1-3H3,(H2,63,78)(H,64,80)(H,66,81)(H,67,82)(H,73,83)/t28-,31-,33-,37-,38-,44-,48-,49-,50+/m0/s1. The highest BCUT2D eigenvalue weighted by Crippen LogP contribution is 2.43. The van der Waals surface area contributed by atoms with E-state index in [0.29, 0.717) is 83.8 Å². The maximum absolute atomic E-state index is 15.2. The number of aliphatic hydroxyl groups is 2. The van der Waals surface area contributed by atoms with Gasteiger partial charge in [-0.15, -0.1) is 68.0 Å². The quantitative estimate of drug-likeness (QED) is 0.0568. The number of ether oxygens (including phenoxy) is 1. The number of carbonyl (C=O) groups excluding carboxylic acids is 7. The number of benzene rings is 2. The largest absolute Gasteiger partial charge is 0.508 e. The number of thiazole rings is 6. The molecule has 24 nitrogen and oxygen atoms in total. The van der Waals surface area contributed by atoms with Crippen LogP contribution in [0.5, 0.6) is 5.75 Å². The molecule has 6 amide bonds. The number of hydrogen-bond donors (Lipinski definition) is 8. The average Bonchev–Trinajstić information content (AvgIpc) is 1.78. The third-order valence-corrected chi connectivity index (χ3v) is 21.9. The van der Waals surface area contributed by atoms with Gasteiger partial charge >= 0.3 is 5.97 Å². The Labute approximate surface area is 549 Å². The predicted octanol–water partition coefficient (Wildman–Crippen LogP) is 8.00. The molecule has 9 heterocycles. The number of nitrogens with zero attached hydrogens (tertiary/aromatic N) is 8. The Balaban J connectivity index is 0.915. The lowest BCUT2D eigenvalue weighted by atomic mass is 9.82. The van der Waals surface area contributed by atoms with Crippen molar-refractivity contribution < 1.29 is 53.6 Å². The number of nitrogens with one attached hydrogen (secondary N) is 4. The number of methoxy groups -OCH3 is 1. The molecule has 9 aromatic rings. The van der Waals surface area contributed by atoms with Crippen LogP contribution in [0.15, 0.2) is 93.6 Å². The molecule has 1 aliphatic carbocycles. The molecular formula is C62H59N13O11S6. The highest BCUT2D eigenvalue weighted by Gasteiger charge is 2.46. The van der Waals surface area contributed by atoms with Crippen LogP contribution in [0.1, 0.15) is 136 Å². The molecule has 30 heteroatoms. The number of pyridine rings is 1. The Hall–Kier alpha value is -8.62. The molecule has 1 saturated carbocycles. The summed E-state index contributed by atoms with van der Waals surface area (Å²) >= 11 is 6.96. The third-order valence-electron chi connectivity index (χ3n) is 16.4. The summed E-state index contributed by atoms with van der Waals surface area (Å²) in [6, 6.07) is 13.8. The molecule has 12 rings (SSSR count). The van der Waals surface area contributed by atoms with Gasteiger partial charge in [0.05, 0.1) is 43.3 Å². The highest BCUT2D eigenvalue weighted by atomic mass is 32.1. The maximum atomic E-state index is 15.2. The van der Waals surface area contributed by atoms with Crippen LogP contribution in [0.2, 0.25) is 0 Å². The summed E-state index contributed by atoms with van der Waals surface area (Å²) in [6.45, 7) is 3.78. The first-order valence-electron chi connectivity index (χ1n) is 29.2. The molecule has 0 spiro atoms. The maximum Gasteiger partial charge on any atom is 0.308 e. The minimum absolute atomic E-state index is 0.00473. The molecule has 0 radical (unpaired) electrons. The molecular weight excluding hydrogens is 1300 g/mol. The summed E-state index contributed by atoms with van der Waals surface area (Å²) in [5.74, 6) is -4.53. The molecule has 92 heavy (non-hydrogen) atoms. The number of primary amides is 1. The van der Waals surface area contributed by atoms with Gasteiger partial charge in [0.2, 0.25) is 11.8 Å². The van der Waals surface area contributed by atoms with Crippen molar-refractivity contribution in [2.45, 2.75) is 88.7 Å². The Kier molecular flexibility index (Phi) is 18.8. The second-order valence-corrected chi connectivity index (χ2v) is 28.1. The molecule has 10 bridgehead atoms. The number of rotatable bonds is 11. The normalized spacial score (nSPS) is 21.5. The lowest BCUT2D eigenvalue weighted by Gasteiger charge is -2.29. The van der Waals surface area contributed by atoms with Gasteiger partial charge < -0.3 is 52.0 Å².